The summed E-state index contributed by atoms with van der Waals surface area (Å²) in [4.78, 5) is 12.8. The molecule has 25 heavy (non-hydrogen) atoms. The third kappa shape index (κ3) is 3.80. The first-order chi connectivity index (χ1) is 12.1. The highest BCUT2D eigenvalue weighted by atomic mass is 35.5. The molecule has 1 heterocycles. The maximum atomic E-state index is 12.8. The van der Waals surface area contributed by atoms with E-state index < -0.39 is 0 Å². The van der Waals surface area contributed by atoms with Crippen LogP contribution in [0.15, 0.2) is 48.5 Å². The maximum Gasteiger partial charge on any atom is 0.223 e. The summed E-state index contributed by atoms with van der Waals surface area (Å²) in [5, 5.41) is 7.02. The number of methoxy groups -OCH3 is 1. The molecule has 2 unspecified atom stereocenters. The third-order valence-electron chi connectivity index (χ3n) is 4.89. The lowest BCUT2D eigenvalue weighted by Gasteiger charge is -2.33. The van der Waals surface area contributed by atoms with Crippen molar-refractivity contribution in [3.8, 4) is 5.75 Å². The van der Waals surface area contributed by atoms with Crippen LogP contribution in [0.5, 0.6) is 5.75 Å². The summed E-state index contributed by atoms with van der Waals surface area (Å²) < 4.78 is 5.51. The summed E-state index contributed by atoms with van der Waals surface area (Å²) in [6.07, 6.45) is 0. The molecule has 0 saturated carbocycles. The Morgan fingerprint density at radius 1 is 1.16 bits per heavy atom. The number of rotatable bonds is 6. The second kappa shape index (κ2) is 7.89. The Labute approximate surface area is 153 Å². The molecule has 2 atom stereocenters. The first-order valence-corrected chi connectivity index (χ1v) is 8.88. The maximum absolute atomic E-state index is 12.8. The SMILES string of the molecule is COc1ccccc1C(NC(=O)C(C)C1CNC1)c1ccccc1Cl. The first kappa shape index (κ1) is 17.8. The fraction of sp³-hybridized carbons (Fsp3) is 0.350. The monoisotopic (exact) mass is 358 g/mol. The van der Waals surface area contributed by atoms with Crippen LogP contribution in [0.3, 0.4) is 0 Å². The molecule has 1 fully saturated rings. The molecule has 1 amide bonds. The highest BCUT2D eigenvalue weighted by molar-refractivity contribution is 6.31. The average Bonchev–Trinajstić information content (AvgIpc) is 2.58. The van der Waals surface area contributed by atoms with Gasteiger partial charge in [-0.05, 0) is 36.7 Å². The predicted molar refractivity (Wildman–Crippen MR) is 100.0 cm³/mol. The van der Waals surface area contributed by atoms with E-state index in [1.165, 1.54) is 0 Å². The number of para-hydroxylation sites is 1. The smallest absolute Gasteiger partial charge is 0.223 e. The van der Waals surface area contributed by atoms with Crippen molar-refractivity contribution in [2.75, 3.05) is 20.2 Å². The second-order valence-corrected chi connectivity index (χ2v) is 6.82. The minimum absolute atomic E-state index is 0.0299. The number of carbonyl (C=O) groups is 1. The van der Waals surface area contributed by atoms with Crippen molar-refractivity contribution >= 4 is 17.5 Å². The van der Waals surface area contributed by atoms with Crippen LogP contribution in [-0.2, 0) is 4.79 Å². The molecule has 0 spiro atoms. The van der Waals surface area contributed by atoms with Crippen LogP contribution in [-0.4, -0.2) is 26.1 Å². The summed E-state index contributed by atoms with van der Waals surface area (Å²) in [5.74, 6) is 1.08. The van der Waals surface area contributed by atoms with Crippen LogP contribution in [0.1, 0.15) is 24.1 Å². The van der Waals surface area contributed by atoms with Gasteiger partial charge in [-0.2, -0.15) is 0 Å². The van der Waals surface area contributed by atoms with Gasteiger partial charge in [0.1, 0.15) is 5.75 Å². The molecule has 1 aliphatic heterocycles. The number of amides is 1. The summed E-state index contributed by atoms with van der Waals surface area (Å²) in [6, 6.07) is 14.9. The Morgan fingerprint density at radius 2 is 1.80 bits per heavy atom. The van der Waals surface area contributed by atoms with Gasteiger partial charge in [-0.15, -0.1) is 0 Å². The van der Waals surface area contributed by atoms with E-state index in [2.05, 4.69) is 10.6 Å². The summed E-state index contributed by atoms with van der Waals surface area (Å²) in [5.41, 5.74) is 1.76. The second-order valence-electron chi connectivity index (χ2n) is 6.41. The zero-order chi connectivity index (χ0) is 17.8. The van der Waals surface area contributed by atoms with E-state index in [0.29, 0.717) is 10.9 Å². The number of halogens is 1. The van der Waals surface area contributed by atoms with Gasteiger partial charge in [0.05, 0.1) is 13.2 Å². The lowest BCUT2D eigenvalue weighted by molar-refractivity contribution is -0.127. The lowest BCUT2D eigenvalue weighted by Crippen LogP contribution is -2.50. The minimum Gasteiger partial charge on any atom is -0.496 e. The van der Waals surface area contributed by atoms with Crippen molar-refractivity contribution in [2.24, 2.45) is 11.8 Å². The molecule has 1 saturated heterocycles. The van der Waals surface area contributed by atoms with Crippen molar-refractivity contribution < 1.29 is 9.53 Å². The largest absolute Gasteiger partial charge is 0.496 e. The van der Waals surface area contributed by atoms with E-state index in [0.717, 1.165) is 30.0 Å². The molecule has 2 aromatic carbocycles. The van der Waals surface area contributed by atoms with Crippen molar-refractivity contribution in [3.05, 3.63) is 64.7 Å². The highest BCUT2D eigenvalue weighted by Gasteiger charge is 2.31. The topological polar surface area (TPSA) is 50.4 Å². The Morgan fingerprint density at radius 3 is 2.40 bits per heavy atom. The average molecular weight is 359 g/mol. The number of hydrogen-bond donors (Lipinski definition) is 2. The number of benzene rings is 2. The Kier molecular flexibility index (Phi) is 5.61. The van der Waals surface area contributed by atoms with Crippen molar-refractivity contribution in [1.82, 2.24) is 10.6 Å². The van der Waals surface area contributed by atoms with Gasteiger partial charge in [0, 0.05) is 16.5 Å². The Bertz CT molecular complexity index is 746. The van der Waals surface area contributed by atoms with E-state index in [-0.39, 0.29) is 17.9 Å². The van der Waals surface area contributed by atoms with Gasteiger partial charge in [-0.1, -0.05) is 54.9 Å². The van der Waals surface area contributed by atoms with E-state index >= 15 is 0 Å². The summed E-state index contributed by atoms with van der Waals surface area (Å²) in [7, 11) is 1.63. The third-order valence-corrected chi connectivity index (χ3v) is 5.23. The van der Waals surface area contributed by atoms with Crippen molar-refractivity contribution in [3.63, 3.8) is 0 Å². The molecular formula is C20H23ClN2O2. The van der Waals surface area contributed by atoms with Crippen LogP contribution < -0.4 is 15.4 Å². The van der Waals surface area contributed by atoms with Gasteiger partial charge in [-0.25, -0.2) is 0 Å². The highest BCUT2D eigenvalue weighted by Crippen LogP contribution is 2.34. The quantitative estimate of drug-likeness (QED) is 0.832. The molecule has 0 radical (unpaired) electrons. The van der Waals surface area contributed by atoms with Gasteiger partial charge in [0.25, 0.3) is 0 Å². The Balaban J connectivity index is 1.94. The molecule has 1 aliphatic rings. The number of nitrogens with one attached hydrogen (secondary N) is 2. The minimum atomic E-state index is -0.354. The molecular weight excluding hydrogens is 336 g/mol. The van der Waals surface area contributed by atoms with Crippen LogP contribution in [0, 0.1) is 11.8 Å². The first-order valence-electron chi connectivity index (χ1n) is 8.50. The molecule has 5 heteroatoms. The van der Waals surface area contributed by atoms with E-state index in [1.807, 2.05) is 55.5 Å². The van der Waals surface area contributed by atoms with Crippen LogP contribution in [0.4, 0.5) is 0 Å². The molecule has 0 aromatic heterocycles. The molecule has 132 valence electrons. The van der Waals surface area contributed by atoms with Crippen LogP contribution in [0.25, 0.3) is 0 Å². The zero-order valence-electron chi connectivity index (χ0n) is 14.5. The molecule has 2 aromatic rings. The number of hydrogen-bond acceptors (Lipinski definition) is 3. The fourth-order valence-corrected chi connectivity index (χ4v) is 3.33. The lowest BCUT2D eigenvalue weighted by atomic mass is 9.87. The normalized spacial score (nSPS) is 16.6. The molecule has 0 aliphatic carbocycles. The molecule has 0 bridgehead atoms. The standard InChI is InChI=1S/C20H23ClN2O2/c1-13(14-11-22-12-14)20(24)23-19(15-7-3-5-9-17(15)21)16-8-4-6-10-18(16)25-2/h3-10,13-14,19,22H,11-12H2,1-2H3,(H,23,24). The number of ether oxygens (including phenoxy) is 1. The summed E-state index contributed by atoms with van der Waals surface area (Å²) in [6.45, 7) is 3.76. The van der Waals surface area contributed by atoms with Gasteiger partial charge in [0.15, 0.2) is 0 Å². The van der Waals surface area contributed by atoms with Crippen LogP contribution >= 0.6 is 11.6 Å². The van der Waals surface area contributed by atoms with E-state index in [1.54, 1.807) is 7.11 Å². The van der Waals surface area contributed by atoms with Crippen molar-refractivity contribution in [1.29, 1.82) is 0 Å². The Hall–Kier alpha value is -2.04. The van der Waals surface area contributed by atoms with Gasteiger partial charge < -0.3 is 15.4 Å². The fourth-order valence-electron chi connectivity index (χ4n) is 3.09. The molecule has 3 rings (SSSR count). The zero-order valence-corrected chi connectivity index (χ0v) is 15.2. The summed E-state index contributed by atoms with van der Waals surface area (Å²) >= 11 is 6.43. The predicted octanol–water partition coefficient (Wildman–Crippen LogP) is 3.41. The van der Waals surface area contributed by atoms with E-state index in [9.17, 15) is 4.79 Å². The molecule has 4 nitrogen and oxygen atoms in total. The van der Waals surface area contributed by atoms with Crippen molar-refractivity contribution in [2.45, 2.75) is 13.0 Å². The van der Waals surface area contributed by atoms with Gasteiger partial charge in [-0.3, -0.25) is 4.79 Å². The number of carbonyl (C=O) groups excluding carboxylic acids is 1. The van der Waals surface area contributed by atoms with Gasteiger partial charge in [0.2, 0.25) is 5.91 Å². The molecule has 2 N–H and O–H groups in total. The van der Waals surface area contributed by atoms with E-state index in [4.69, 9.17) is 16.3 Å². The van der Waals surface area contributed by atoms with Crippen LogP contribution in [0.2, 0.25) is 5.02 Å². The van der Waals surface area contributed by atoms with Gasteiger partial charge >= 0.3 is 0 Å².